The van der Waals surface area contributed by atoms with Crippen LogP contribution in [0.1, 0.15) is 28.5 Å². The molecule has 0 fully saturated rings. The van der Waals surface area contributed by atoms with Crippen molar-refractivity contribution in [2.45, 2.75) is 19.8 Å². The molecule has 0 unspecified atom stereocenters. The lowest BCUT2D eigenvalue weighted by molar-refractivity contribution is 0.0941. The summed E-state index contributed by atoms with van der Waals surface area (Å²) in [5, 5.41) is 6.58. The molecular weight excluding hydrogens is 286 g/mol. The van der Waals surface area contributed by atoms with E-state index in [0.717, 1.165) is 6.42 Å². The van der Waals surface area contributed by atoms with Gasteiger partial charge in [0.1, 0.15) is 13.2 Å². The normalized spacial score (nSPS) is 13.0. The molecule has 2 heterocycles. The summed E-state index contributed by atoms with van der Waals surface area (Å²) >= 11 is 0. The molecule has 22 heavy (non-hydrogen) atoms. The summed E-state index contributed by atoms with van der Waals surface area (Å²) in [5.41, 5.74) is 0.492. The predicted octanol–water partition coefficient (Wildman–Crippen LogP) is 1.51. The lowest BCUT2D eigenvalue weighted by Crippen LogP contribution is -2.27. The van der Waals surface area contributed by atoms with Crippen LogP contribution in [0.3, 0.4) is 0 Å². The highest BCUT2D eigenvalue weighted by Crippen LogP contribution is 2.33. The molecule has 2 aromatic rings. The van der Waals surface area contributed by atoms with E-state index >= 15 is 0 Å². The monoisotopic (exact) mass is 303 g/mol. The Morgan fingerprint density at radius 3 is 3.00 bits per heavy atom. The number of carbonyl (C=O) groups is 1. The summed E-state index contributed by atoms with van der Waals surface area (Å²) in [6.07, 6.45) is 1.35. The van der Waals surface area contributed by atoms with Crippen molar-refractivity contribution < 1.29 is 18.8 Å². The highest BCUT2D eigenvalue weighted by Gasteiger charge is 2.19. The molecule has 1 N–H and O–H groups in total. The summed E-state index contributed by atoms with van der Waals surface area (Å²) in [6, 6.07) is 5.30. The van der Waals surface area contributed by atoms with Crippen molar-refractivity contribution in [3.05, 3.63) is 35.5 Å². The maximum atomic E-state index is 12.2. The van der Waals surface area contributed by atoms with Gasteiger partial charge >= 0.3 is 0 Å². The summed E-state index contributed by atoms with van der Waals surface area (Å²) in [6.45, 7) is 3.25. The third-order valence-electron chi connectivity index (χ3n) is 3.23. The first-order chi connectivity index (χ1) is 10.7. The Bertz CT molecular complexity index is 669. The number of nitrogens with one attached hydrogen (secondary N) is 1. The molecule has 0 bridgehead atoms. The number of benzene rings is 1. The Balaban J connectivity index is 1.54. The lowest BCUT2D eigenvalue weighted by Gasteiger charge is -2.20. The Hall–Kier alpha value is -2.57. The number of nitrogens with zero attached hydrogens (tertiary/aromatic N) is 2. The third kappa shape index (κ3) is 3.19. The number of para-hydroxylation sites is 1. The smallest absolute Gasteiger partial charge is 0.255 e. The van der Waals surface area contributed by atoms with E-state index in [4.69, 9.17) is 14.0 Å². The van der Waals surface area contributed by atoms with Crippen molar-refractivity contribution in [3.63, 3.8) is 0 Å². The van der Waals surface area contributed by atoms with Gasteiger partial charge in [-0.15, -0.1) is 0 Å². The zero-order chi connectivity index (χ0) is 15.4. The molecule has 0 aliphatic carbocycles. The number of amides is 1. The van der Waals surface area contributed by atoms with Crippen molar-refractivity contribution in [1.82, 2.24) is 15.5 Å². The molecule has 0 atom stereocenters. The van der Waals surface area contributed by atoms with Crippen LogP contribution in [0.4, 0.5) is 0 Å². The number of rotatable bonds is 5. The van der Waals surface area contributed by atoms with E-state index in [0.29, 0.717) is 55.0 Å². The first-order valence-corrected chi connectivity index (χ1v) is 7.20. The maximum Gasteiger partial charge on any atom is 0.255 e. The fraction of sp³-hybridized carbons (Fsp3) is 0.400. The van der Waals surface area contributed by atoms with E-state index in [-0.39, 0.29) is 5.91 Å². The molecule has 0 saturated heterocycles. The van der Waals surface area contributed by atoms with Crippen molar-refractivity contribution in [1.29, 1.82) is 0 Å². The minimum atomic E-state index is -0.177. The minimum Gasteiger partial charge on any atom is -0.486 e. The fourth-order valence-corrected chi connectivity index (χ4v) is 2.23. The van der Waals surface area contributed by atoms with Crippen LogP contribution < -0.4 is 14.8 Å². The highest BCUT2D eigenvalue weighted by atomic mass is 16.6. The van der Waals surface area contributed by atoms with Gasteiger partial charge in [-0.1, -0.05) is 11.2 Å². The number of aromatic nitrogens is 2. The molecule has 1 aromatic carbocycles. The maximum absolute atomic E-state index is 12.2. The summed E-state index contributed by atoms with van der Waals surface area (Å²) < 4.78 is 16.0. The molecule has 0 saturated carbocycles. The number of hydrogen-bond acceptors (Lipinski definition) is 6. The minimum absolute atomic E-state index is 0.177. The molecule has 0 radical (unpaired) electrons. The molecule has 0 spiro atoms. The van der Waals surface area contributed by atoms with Crippen LogP contribution in [-0.2, 0) is 6.42 Å². The number of carbonyl (C=O) groups excluding carboxylic acids is 1. The van der Waals surface area contributed by atoms with E-state index < -0.39 is 0 Å². The van der Waals surface area contributed by atoms with Crippen LogP contribution in [0, 0.1) is 6.92 Å². The van der Waals surface area contributed by atoms with E-state index in [9.17, 15) is 4.79 Å². The van der Waals surface area contributed by atoms with E-state index in [1.807, 2.05) is 0 Å². The second-order valence-corrected chi connectivity index (χ2v) is 4.92. The average molecular weight is 303 g/mol. The molecule has 1 aliphatic heterocycles. The first kappa shape index (κ1) is 14.4. The highest BCUT2D eigenvalue weighted by molar-refractivity contribution is 5.97. The molecule has 7 nitrogen and oxygen atoms in total. The van der Waals surface area contributed by atoms with E-state index in [2.05, 4.69) is 15.5 Å². The van der Waals surface area contributed by atoms with Crippen molar-refractivity contribution in [2.24, 2.45) is 0 Å². The van der Waals surface area contributed by atoms with Crippen molar-refractivity contribution in [3.8, 4) is 11.5 Å². The van der Waals surface area contributed by atoms with Gasteiger partial charge in [0.25, 0.3) is 5.91 Å². The second kappa shape index (κ2) is 6.46. The van der Waals surface area contributed by atoms with Gasteiger partial charge in [-0.3, -0.25) is 4.79 Å². The van der Waals surface area contributed by atoms with Gasteiger partial charge in [0.15, 0.2) is 17.3 Å². The summed E-state index contributed by atoms with van der Waals surface area (Å²) in [4.78, 5) is 16.4. The van der Waals surface area contributed by atoms with Gasteiger partial charge in [-0.2, -0.15) is 4.98 Å². The zero-order valence-electron chi connectivity index (χ0n) is 12.3. The molecule has 1 amide bonds. The summed E-state index contributed by atoms with van der Waals surface area (Å²) in [5.74, 6) is 2.15. The van der Waals surface area contributed by atoms with Crippen LogP contribution in [0.5, 0.6) is 11.5 Å². The average Bonchev–Trinajstić information content (AvgIpc) is 2.96. The topological polar surface area (TPSA) is 86.5 Å². The number of aryl methyl sites for hydroxylation is 2. The third-order valence-corrected chi connectivity index (χ3v) is 3.23. The van der Waals surface area contributed by atoms with Crippen molar-refractivity contribution >= 4 is 5.91 Å². The van der Waals surface area contributed by atoms with Gasteiger partial charge in [-0.05, 0) is 25.5 Å². The molecule has 1 aliphatic rings. The van der Waals surface area contributed by atoms with Crippen LogP contribution in [0.25, 0.3) is 0 Å². The van der Waals surface area contributed by atoms with Crippen LogP contribution in [0.2, 0.25) is 0 Å². The lowest BCUT2D eigenvalue weighted by atomic mass is 10.1. The molecule has 1 aromatic heterocycles. The fourth-order valence-electron chi connectivity index (χ4n) is 2.23. The standard InChI is InChI=1S/C15H17N3O4/c1-10-17-13(22-18-10)6-3-7-16-15(19)11-4-2-5-12-14(11)21-9-8-20-12/h2,4-5H,3,6-9H2,1H3,(H,16,19). The molecular formula is C15H17N3O4. The largest absolute Gasteiger partial charge is 0.486 e. The van der Waals surface area contributed by atoms with Crippen LogP contribution in [0.15, 0.2) is 22.7 Å². The van der Waals surface area contributed by atoms with Crippen molar-refractivity contribution in [2.75, 3.05) is 19.8 Å². The Morgan fingerprint density at radius 1 is 1.32 bits per heavy atom. The Kier molecular flexibility index (Phi) is 4.22. The number of fused-ring (bicyclic) bond motifs is 1. The van der Waals surface area contributed by atoms with Gasteiger partial charge in [-0.25, -0.2) is 0 Å². The Morgan fingerprint density at radius 2 is 2.18 bits per heavy atom. The molecule has 7 heteroatoms. The van der Waals surface area contributed by atoms with Crippen LogP contribution >= 0.6 is 0 Å². The summed E-state index contributed by atoms with van der Waals surface area (Å²) in [7, 11) is 0. The van der Waals surface area contributed by atoms with Gasteiger partial charge < -0.3 is 19.3 Å². The molecule has 3 rings (SSSR count). The second-order valence-electron chi connectivity index (χ2n) is 4.92. The van der Waals surface area contributed by atoms with E-state index in [1.165, 1.54) is 0 Å². The van der Waals surface area contributed by atoms with E-state index in [1.54, 1.807) is 25.1 Å². The van der Waals surface area contributed by atoms with Crippen LogP contribution in [-0.4, -0.2) is 35.8 Å². The number of hydrogen-bond donors (Lipinski definition) is 1. The van der Waals surface area contributed by atoms with Gasteiger partial charge in [0.05, 0.1) is 5.56 Å². The number of ether oxygens (including phenoxy) is 2. The van der Waals surface area contributed by atoms with Gasteiger partial charge in [0.2, 0.25) is 5.89 Å². The quantitative estimate of drug-likeness (QED) is 0.843. The first-order valence-electron chi connectivity index (χ1n) is 7.20. The van der Waals surface area contributed by atoms with Gasteiger partial charge in [0, 0.05) is 13.0 Å². The Labute approximate surface area is 127 Å². The SMILES string of the molecule is Cc1noc(CCCNC(=O)c2cccc3c2OCCO3)n1. The predicted molar refractivity (Wildman–Crippen MR) is 77.1 cm³/mol. The zero-order valence-corrected chi connectivity index (χ0v) is 12.3. The molecule has 116 valence electrons.